The van der Waals surface area contributed by atoms with Crippen molar-refractivity contribution in [2.45, 2.75) is 0 Å². The number of rotatable bonds is 4. The summed E-state index contributed by atoms with van der Waals surface area (Å²) in [6.45, 7) is 1.96. The van der Waals surface area contributed by atoms with Crippen LogP contribution in [0.4, 0.5) is 15.9 Å². The molecule has 0 spiro atoms. The minimum absolute atomic E-state index is 0.0510. The van der Waals surface area contributed by atoms with Crippen LogP contribution >= 0.6 is 0 Å². The van der Waals surface area contributed by atoms with Gasteiger partial charge in [-0.2, -0.15) is 0 Å². The highest BCUT2D eigenvalue weighted by atomic mass is 19.1. The number of pyridine rings is 1. The van der Waals surface area contributed by atoms with Gasteiger partial charge in [0.15, 0.2) is 5.69 Å². The van der Waals surface area contributed by atoms with Crippen molar-refractivity contribution in [2.75, 3.05) is 31.1 Å². The van der Waals surface area contributed by atoms with Gasteiger partial charge in [-0.15, -0.1) is 0 Å². The summed E-state index contributed by atoms with van der Waals surface area (Å²) in [5.41, 5.74) is 1.26. The Balaban J connectivity index is 1.52. The van der Waals surface area contributed by atoms with E-state index in [0.29, 0.717) is 48.8 Å². The zero-order chi connectivity index (χ0) is 21.1. The van der Waals surface area contributed by atoms with E-state index in [1.807, 2.05) is 23.1 Å². The van der Waals surface area contributed by atoms with Crippen LogP contribution in [0.1, 0.15) is 10.4 Å². The lowest BCUT2D eigenvalue weighted by Gasteiger charge is -2.35. The summed E-state index contributed by atoms with van der Waals surface area (Å²) in [6.07, 6.45) is 0. The normalized spacial score (nSPS) is 13.9. The molecule has 2 heterocycles. The molecule has 30 heavy (non-hydrogen) atoms. The summed E-state index contributed by atoms with van der Waals surface area (Å²) in [7, 11) is 0. The molecule has 1 saturated heterocycles. The fraction of sp³-hybridized carbons (Fsp3) is 0.182. The maximum Gasteiger partial charge on any atom is 0.295 e. The predicted octanol–water partition coefficient (Wildman–Crippen LogP) is 3.76. The summed E-state index contributed by atoms with van der Waals surface area (Å²) in [5, 5.41) is 11.4. The summed E-state index contributed by atoms with van der Waals surface area (Å²) >= 11 is 0. The Morgan fingerprint density at radius 1 is 0.967 bits per heavy atom. The molecular formula is C22H19FN4O3. The van der Waals surface area contributed by atoms with E-state index in [1.54, 1.807) is 29.2 Å². The van der Waals surface area contributed by atoms with Crippen LogP contribution in [0.5, 0.6) is 0 Å². The molecule has 0 bridgehead atoms. The smallest absolute Gasteiger partial charge is 0.295 e. The maximum atomic E-state index is 13.4. The third kappa shape index (κ3) is 3.98. The van der Waals surface area contributed by atoms with Crippen molar-refractivity contribution in [2.24, 2.45) is 0 Å². The Bertz CT molecular complexity index is 1080. The largest absolute Gasteiger partial charge is 0.353 e. The number of hydrogen-bond donors (Lipinski definition) is 0. The minimum atomic E-state index is -0.442. The SMILES string of the molecule is O=C(c1cccc(F)c1)N1CCN(c2ccc([N+](=O)[O-])c(-c3ccccc3)n2)CC1. The highest BCUT2D eigenvalue weighted by Crippen LogP contribution is 2.30. The van der Waals surface area contributed by atoms with E-state index < -0.39 is 10.7 Å². The number of nitrogens with zero attached hydrogens (tertiary/aromatic N) is 4. The molecule has 1 fully saturated rings. The molecule has 0 N–H and O–H groups in total. The van der Waals surface area contributed by atoms with Gasteiger partial charge in [0.1, 0.15) is 11.6 Å². The molecule has 0 radical (unpaired) electrons. The number of amides is 1. The Hall–Kier alpha value is -3.81. The van der Waals surface area contributed by atoms with E-state index in [9.17, 15) is 19.3 Å². The Morgan fingerprint density at radius 3 is 2.37 bits per heavy atom. The molecule has 1 aromatic heterocycles. The molecule has 2 aromatic carbocycles. The van der Waals surface area contributed by atoms with Crippen molar-refractivity contribution < 1.29 is 14.1 Å². The lowest BCUT2D eigenvalue weighted by molar-refractivity contribution is -0.384. The van der Waals surface area contributed by atoms with Crippen molar-refractivity contribution in [3.05, 3.63) is 88.2 Å². The number of piperazine rings is 1. The van der Waals surface area contributed by atoms with Crippen LogP contribution in [0.15, 0.2) is 66.7 Å². The van der Waals surface area contributed by atoms with Crippen molar-refractivity contribution in [3.8, 4) is 11.3 Å². The lowest BCUT2D eigenvalue weighted by Crippen LogP contribution is -2.49. The van der Waals surface area contributed by atoms with Crippen molar-refractivity contribution in [1.82, 2.24) is 9.88 Å². The summed E-state index contributed by atoms with van der Waals surface area (Å²) in [4.78, 5) is 31.8. The average molecular weight is 406 g/mol. The zero-order valence-corrected chi connectivity index (χ0v) is 16.1. The average Bonchev–Trinajstić information content (AvgIpc) is 2.79. The molecule has 0 unspecified atom stereocenters. The summed E-state index contributed by atoms with van der Waals surface area (Å²) < 4.78 is 13.4. The topological polar surface area (TPSA) is 79.6 Å². The van der Waals surface area contributed by atoms with Gasteiger partial charge >= 0.3 is 0 Å². The number of halogens is 1. The number of nitro groups is 1. The highest BCUT2D eigenvalue weighted by Gasteiger charge is 2.25. The van der Waals surface area contributed by atoms with Gasteiger partial charge in [-0.3, -0.25) is 14.9 Å². The second-order valence-electron chi connectivity index (χ2n) is 6.95. The van der Waals surface area contributed by atoms with Gasteiger partial charge in [0, 0.05) is 43.4 Å². The van der Waals surface area contributed by atoms with Crippen LogP contribution < -0.4 is 4.90 Å². The third-order valence-electron chi connectivity index (χ3n) is 5.07. The van der Waals surface area contributed by atoms with E-state index in [-0.39, 0.29) is 11.6 Å². The molecule has 7 nitrogen and oxygen atoms in total. The van der Waals surface area contributed by atoms with E-state index in [4.69, 9.17) is 0 Å². The van der Waals surface area contributed by atoms with Gasteiger partial charge in [-0.1, -0.05) is 36.4 Å². The number of carbonyl (C=O) groups excluding carboxylic acids is 1. The lowest BCUT2D eigenvalue weighted by atomic mass is 10.1. The molecule has 152 valence electrons. The molecule has 8 heteroatoms. The van der Waals surface area contributed by atoms with Crippen LogP contribution in [0.3, 0.4) is 0 Å². The van der Waals surface area contributed by atoms with Gasteiger partial charge in [-0.05, 0) is 24.3 Å². The van der Waals surface area contributed by atoms with Crippen molar-refractivity contribution in [1.29, 1.82) is 0 Å². The van der Waals surface area contributed by atoms with Gasteiger partial charge in [-0.25, -0.2) is 9.37 Å². The third-order valence-corrected chi connectivity index (χ3v) is 5.07. The van der Waals surface area contributed by atoms with Gasteiger partial charge < -0.3 is 9.80 Å². The van der Waals surface area contributed by atoms with E-state index in [0.717, 1.165) is 0 Å². The Morgan fingerprint density at radius 2 is 1.70 bits per heavy atom. The maximum absolute atomic E-state index is 13.4. The first-order chi connectivity index (χ1) is 14.5. The van der Waals surface area contributed by atoms with E-state index in [2.05, 4.69) is 4.98 Å². The molecular weight excluding hydrogens is 387 g/mol. The number of carbonyl (C=O) groups is 1. The van der Waals surface area contributed by atoms with Crippen LogP contribution in [-0.4, -0.2) is 46.9 Å². The second kappa shape index (κ2) is 8.28. The molecule has 0 aliphatic carbocycles. The van der Waals surface area contributed by atoms with E-state index in [1.165, 1.54) is 24.3 Å². The standard InChI is InChI=1S/C22H19FN4O3/c23-18-8-4-7-17(15-18)22(28)26-13-11-25(12-14-26)20-10-9-19(27(29)30)21(24-20)16-5-2-1-3-6-16/h1-10,15H,11-14H2. The van der Waals surface area contributed by atoms with Crippen LogP contribution in [0.25, 0.3) is 11.3 Å². The molecule has 1 aliphatic rings. The van der Waals surface area contributed by atoms with Gasteiger partial charge in [0.25, 0.3) is 11.6 Å². The van der Waals surface area contributed by atoms with Crippen LogP contribution in [0.2, 0.25) is 0 Å². The molecule has 0 saturated carbocycles. The monoisotopic (exact) mass is 406 g/mol. The molecule has 1 aliphatic heterocycles. The zero-order valence-electron chi connectivity index (χ0n) is 16.1. The van der Waals surface area contributed by atoms with Crippen LogP contribution in [0, 0.1) is 15.9 Å². The molecule has 4 rings (SSSR count). The molecule has 3 aromatic rings. The first kappa shape index (κ1) is 19.5. The summed E-state index contributed by atoms with van der Waals surface area (Å²) in [5.74, 6) is -0.0314. The fourth-order valence-electron chi connectivity index (χ4n) is 3.52. The predicted molar refractivity (Wildman–Crippen MR) is 111 cm³/mol. The Kier molecular flexibility index (Phi) is 5.38. The minimum Gasteiger partial charge on any atom is -0.353 e. The van der Waals surface area contributed by atoms with Gasteiger partial charge in [0.05, 0.1) is 4.92 Å². The van der Waals surface area contributed by atoms with Gasteiger partial charge in [0.2, 0.25) is 0 Å². The quantitative estimate of drug-likeness (QED) is 0.487. The fourth-order valence-corrected chi connectivity index (χ4v) is 3.52. The van der Waals surface area contributed by atoms with Crippen LogP contribution in [-0.2, 0) is 0 Å². The molecule has 1 amide bonds. The number of aromatic nitrogens is 1. The molecule has 0 atom stereocenters. The Labute approximate surface area is 172 Å². The summed E-state index contributed by atoms with van der Waals surface area (Å²) in [6, 6.07) is 17.8. The number of hydrogen-bond acceptors (Lipinski definition) is 5. The highest BCUT2D eigenvalue weighted by molar-refractivity contribution is 5.94. The van der Waals surface area contributed by atoms with Crippen molar-refractivity contribution >= 4 is 17.4 Å². The number of benzene rings is 2. The number of anilines is 1. The van der Waals surface area contributed by atoms with Crippen molar-refractivity contribution in [3.63, 3.8) is 0 Å². The first-order valence-corrected chi connectivity index (χ1v) is 9.53. The second-order valence-corrected chi connectivity index (χ2v) is 6.95. The first-order valence-electron chi connectivity index (χ1n) is 9.53. The van der Waals surface area contributed by atoms with E-state index >= 15 is 0 Å².